The number of hydrogen-bond donors (Lipinski definition) is 0. The van der Waals surface area contributed by atoms with Crippen LogP contribution in [0.4, 0.5) is 0 Å². The summed E-state index contributed by atoms with van der Waals surface area (Å²) in [5.41, 5.74) is -0.223. The minimum atomic E-state index is -1.01. The zero-order valence-corrected chi connectivity index (χ0v) is 11.5. The maximum atomic E-state index is 11.9. The number of terminal acetylenes is 1. The van der Waals surface area contributed by atoms with Gasteiger partial charge in [0.2, 0.25) is 0 Å². The summed E-state index contributed by atoms with van der Waals surface area (Å²) in [6.07, 6.45) is 9.24. The first-order chi connectivity index (χ1) is 8.99. The van der Waals surface area contributed by atoms with Crippen LogP contribution in [0.25, 0.3) is 0 Å². The minimum Gasteiger partial charge on any atom is -0.299 e. The highest BCUT2D eigenvalue weighted by atomic mass is 16.1. The lowest BCUT2D eigenvalue weighted by atomic mass is 9.67. The van der Waals surface area contributed by atoms with Crippen molar-refractivity contribution in [3.63, 3.8) is 0 Å². The second kappa shape index (κ2) is 6.15. The molecule has 0 saturated carbocycles. The highest BCUT2D eigenvalue weighted by Crippen LogP contribution is 2.35. The highest BCUT2D eigenvalue weighted by Gasteiger charge is 2.42. The topological polar surface area (TPSA) is 34.1 Å². The number of ketones is 2. The summed E-state index contributed by atoms with van der Waals surface area (Å²) in [4.78, 5) is 23.8. The van der Waals surface area contributed by atoms with Crippen molar-refractivity contribution in [3.05, 3.63) is 48.0 Å². The molecule has 1 aromatic rings. The highest BCUT2D eigenvalue weighted by molar-refractivity contribution is 6.03. The zero-order valence-electron chi connectivity index (χ0n) is 11.5. The predicted molar refractivity (Wildman–Crippen MR) is 76.6 cm³/mol. The Morgan fingerprint density at radius 2 is 1.74 bits per heavy atom. The summed E-state index contributed by atoms with van der Waals surface area (Å²) < 4.78 is 0. The van der Waals surface area contributed by atoms with Crippen LogP contribution >= 0.6 is 0 Å². The molecule has 0 bridgehead atoms. The summed E-state index contributed by atoms with van der Waals surface area (Å²) in [5.74, 6) is 1.39. The molecule has 0 aromatic heterocycles. The normalized spacial score (nSPS) is 14.1. The van der Waals surface area contributed by atoms with Gasteiger partial charge in [-0.1, -0.05) is 48.4 Å². The van der Waals surface area contributed by atoms with Crippen LogP contribution < -0.4 is 0 Å². The fourth-order valence-electron chi connectivity index (χ4n) is 2.48. The van der Waals surface area contributed by atoms with Gasteiger partial charge in [-0.2, -0.15) is 0 Å². The molecule has 1 aromatic carbocycles. The van der Waals surface area contributed by atoms with Gasteiger partial charge in [0.1, 0.15) is 11.6 Å². The standard InChI is InChI=1S/C17H18O2/c1-5-12-17(6-2,15-10-8-7-9-11-15)16(13(3)18)14(4)19/h2,5,7-12,16H,1,3-4H3/b12-5+. The van der Waals surface area contributed by atoms with Gasteiger partial charge < -0.3 is 0 Å². The largest absolute Gasteiger partial charge is 0.299 e. The summed E-state index contributed by atoms with van der Waals surface area (Å²) in [7, 11) is 0. The van der Waals surface area contributed by atoms with E-state index in [1.165, 1.54) is 13.8 Å². The number of carbonyl (C=O) groups excluding carboxylic acids is 2. The van der Waals surface area contributed by atoms with Gasteiger partial charge in [0.05, 0.1) is 11.3 Å². The Morgan fingerprint density at radius 1 is 1.21 bits per heavy atom. The molecule has 19 heavy (non-hydrogen) atoms. The second-order valence-electron chi connectivity index (χ2n) is 4.53. The molecule has 2 heteroatoms. The van der Waals surface area contributed by atoms with Crippen molar-refractivity contribution in [2.24, 2.45) is 5.92 Å². The van der Waals surface area contributed by atoms with Gasteiger partial charge in [-0.05, 0) is 26.3 Å². The molecule has 0 aliphatic heterocycles. The molecule has 0 aliphatic carbocycles. The molecule has 0 N–H and O–H groups in total. The van der Waals surface area contributed by atoms with E-state index in [1.807, 2.05) is 37.3 Å². The number of hydrogen-bond acceptors (Lipinski definition) is 2. The molecule has 0 spiro atoms. The van der Waals surface area contributed by atoms with E-state index < -0.39 is 11.3 Å². The lowest BCUT2D eigenvalue weighted by Crippen LogP contribution is -2.40. The number of Topliss-reactive ketones (excluding diaryl/α,β-unsaturated/α-hetero) is 2. The van der Waals surface area contributed by atoms with Crippen LogP contribution in [0.1, 0.15) is 26.3 Å². The van der Waals surface area contributed by atoms with Crippen molar-refractivity contribution in [2.45, 2.75) is 26.2 Å². The van der Waals surface area contributed by atoms with Crippen molar-refractivity contribution in [1.82, 2.24) is 0 Å². The van der Waals surface area contributed by atoms with Gasteiger partial charge in [-0.15, -0.1) is 6.42 Å². The Kier molecular flexibility index (Phi) is 4.83. The molecule has 98 valence electrons. The summed E-state index contributed by atoms with van der Waals surface area (Å²) in [5, 5.41) is 0. The van der Waals surface area contributed by atoms with E-state index in [2.05, 4.69) is 5.92 Å². The Hall–Kier alpha value is -2.14. The van der Waals surface area contributed by atoms with E-state index >= 15 is 0 Å². The summed E-state index contributed by atoms with van der Waals surface area (Å²) in [6.45, 7) is 4.64. The zero-order chi connectivity index (χ0) is 14.5. The molecule has 0 amide bonds. The summed E-state index contributed by atoms with van der Waals surface area (Å²) in [6, 6.07) is 9.26. The minimum absolute atomic E-state index is 0.215. The fourth-order valence-corrected chi connectivity index (χ4v) is 2.48. The number of rotatable bonds is 5. The van der Waals surface area contributed by atoms with E-state index in [-0.39, 0.29) is 11.6 Å². The summed E-state index contributed by atoms with van der Waals surface area (Å²) >= 11 is 0. The van der Waals surface area contributed by atoms with Crippen LogP contribution in [0.2, 0.25) is 0 Å². The van der Waals surface area contributed by atoms with Gasteiger partial charge in [0, 0.05) is 0 Å². The van der Waals surface area contributed by atoms with Crippen LogP contribution in [0.15, 0.2) is 42.5 Å². The van der Waals surface area contributed by atoms with Crippen LogP contribution in [-0.2, 0) is 15.0 Å². The Bertz CT molecular complexity index is 520. The van der Waals surface area contributed by atoms with E-state index in [0.717, 1.165) is 5.56 Å². The molecule has 0 heterocycles. The van der Waals surface area contributed by atoms with Crippen molar-refractivity contribution < 1.29 is 9.59 Å². The first-order valence-electron chi connectivity index (χ1n) is 6.17. The van der Waals surface area contributed by atoms with Crippen LogP contribution in [0.5, 0.6) is 0 Å². The quantitative estimate of drug-likeness (QED) is 0.460. The third-order valence-corrected chi connectivity index (χ3v) is 3.19. The molecule has 0 saturated heterocycles. The molecule has 0 radical (unpaired) electrons. The fraction of sp³-hybridized carbons (Fsp3) is 0.294. The third-order valence-electron chi connectivity index (χ3n) is 3.19. The maximum absolute atomic E-state index is 11.9. The molecule has 0 fully saturated rings. The van der Waals surface area contributed by atoms with Crippen LogP contribution in [0, 0.1) is 18.3 Å². The van der Waals surface area contributed by atoms with Crippen molar-refractivity contribution in [1.29, 1.82) is 0 Å². The van der Waals surface area contributed by atoms with E-state index in [4.69, 9.17) is 6.42 Å². The molecule has 1 atom stereocenters. The first kappa shape index (κ1) is 14.9. The van der Waals surface area contributed by atoms with Gasteiger partial charge in [-0.25, -0.2) is 0 Å². The van der Waals surface area contributed by atoms with Crippen LogP contribution in [0.3, 0.4) is 0 Å². The lowest BCUT2D eigenvalue weighted by molar-refractivity contribution is -0.131. The third kappa shape index (κ3) is 2.82. The maximum Gasteiger partial charge on any atom is 0.142 e. The van der Waals surface area contributed by atoms with Gasteiger partial charge in [0.25, 0.3) is 0 Å². The Balaban J connectivity index is 3.56. The molecule has 1 rings (SSSR count). The van der Waals surface area contributed by atoms with E-state index in [0.29, 0.717) is 0 Å². The number of allylic oxidation sites excluding steroid dienone is 2. The van der Waals surface area contributed by atoms with Gasteiger partial charge in [0.15, 0.2) is 0 Å². The smallest absolute Gasteiger partial charge is 0.142 e. The SMILES string of the molecule is C#CC(/C=C/C)(c1ccccc1)C(C(C)=O)C(C)=O. The van der Waals surface area contributed by atoms with Crippen molar-refractivity contribution in [3.8, 4) is 12.3 Å². The van der Waals surface area contributed by atoms with Crippen LogP contribution in [-0.4, -0.2) is 11.6 Å². The van der Waals surface area contributed by atoms with Gasteiger partial charge in [-0.3, -0.25) is 9.59 Å². The van der Waals surface area contributed by atoms with Crippen molar-refractivity contribution >= 4 is 11.6 Å². The Labute approximate surface area is 114 Å². The molecular formula is C17H18O2. The molecular weight excluding hydrogens is 236 g/mol. The van der Waals surface area contributed by atoms with E-state index in [1.54, 1.807) is 12.2 Å². The average molecular weight is 254 g/mol. The monoisotopic (exact) mass is 254 g/mol. The van der Waals surface area contributed by atoms with Gasteiger partial charge >= 0.3 is 0 Å². The van der Waals surface area contributed by atoms with Crippen molar-refractivity contribution in [2.75, 3.05) is 0 Å². The molecule has 0 aliphatic rings. The number of benzene rings is 1. The lowest BCUT2D eigenvalue weighted by Gasteiger charge is -2.31. The predicted octanol–water partition coefficient (Wildman–Crippen LogP) is 2.93. The average Bonchev–Trinajstić information content (AvgIpc) is 2.38. The van der Waals surface area contributed by atoms with E-state index in [9.17, 15) is 9.59 Å². The number of carbonyl (C=O) groups is 2. The Morgan fingerprint density at radius 3 is 2.11 bits per heavy atom. The second-order valence-corrected chi connectivity index (χ2v) is 4.53. The molecule has 2 nitrogen and oxygen atoms in total. The first-order valence-corrected chi connectivity index (χ1v) is 6.17. The molecule has 1 unspecified atom stereocenters.